The number of hydrogen-bond acceptors (Lipinski definition) is 3. The third-order valence-corrected chi connectivity index (χ3v) is 4.24. The highest BCUT2D eigenvalue weighted by Crippen LogP contribution is 2.34. The molecular weight excluding hydrogens is 322 g/mol. The Hall–Kier alpha value is -2.98. The van der Waals surface area contributed by atoms with Crippen LogP contribution in [0.4, 0.5) is 0 Å². The molecule has 2 aromatic carbocycles. The van der Waals surface area contributed by atoms with Crippen molar-refractivity contribution >= 4 is 28.4 Å². The molecule has 2 heterocycles. The van der Waals surface area contributed by atoms with Gasteiger partial charge < -0.3 is 0 Å². The zero-order valence-electron chi connectivity index (χ0n) is 12.5. The molecule has 4 aromatic rings. The summed E-state index contributed by atoms with van der Waals surface area (Å²) >= 11 is 6.56. The molecule has 24 heavy (non-hydrogen) atoms. The minimum Gasteiger partial charge on any atom is -0.288 e. The molecule has 0 spiro atoms. The number of ketones is 1. The van der Waals surface area contributed by atoms with Gasteiger partial charge >= 0.3 is 0 Å². The smallest absolute Gasteiger partial charge is 0.196 e. The summed E-state index contributed by atoms with van der Waals surface area (Å²) in [4.78, 5) is 17.7. The fraction of sp³-hybridized carbons (Fsp3) is 0. The lowest BCUT2D eigenvalue weighted by atomic mass is 9.97. The van der Waals surface area contributed by atoms with Crippen LogP contribution in [0.15, 0.2) is 66.9 Å². The van der Waals surface area contributed by atoms with E-state index in [0.717, 1.165) is 5.56 Å². The van der Waals surface area contributed by atoms with Gasteiger partial charge in [0, 0.05) is 11.1 Å². The summed E-state index contributed by atoms with van der Waals surface area (Å²) in [5.41, 5.74) is 2.90. The number of H-pyrrole nitrogens is 1. The van der Waals surface area contributed by atoms with Crippen LogP contribution < -0.4 is 0 Å². The number of nitrogens with zero attached hydrogens (tertiary/aromatic N) is 2. The van der Waals surface area contributed by atoms with Gasteiger partial charge in [0.25, 0.3) is 0 Å². The van der Waals surface area contributed by atoms with E-state index >= 15 is 0 Å². The number of halogens is 1. The van der Waals surface area contributed by atoms with E-state index in [4.69, 9.17) is 11.6 Å². The Balaban J connectivity index is 2.02. The van der Waals surface area contributed by atoms with Crippen LogP contribution in [0.2, 0.25) is 5.02 Å². The zero-order chi connectivity index (χ0) is 16.5. The number of hydrogen-bond donors (Lipinski definition) is 1. The van der Waals surface area contributed by atoms with Crippen molar-refractivity contribution in [3.05, 3.63) is 83.0 Å². The van der Waals surface area contributed by atoms with Crippen LogP contribution >= 0.6 is 11.6 Å². The molecule has 0 saturated carbocycles. The van der Waals surface area contributed by atoms with Crippen LogP contribution in [-0.2, 0) is 0 Å². The molecule has 0 radical (unpaired) electrons. The van der Waals surface area contributed by atoms with Crippen molar-refractivity contribution < 1.29 is 4.79 Å². The lowest BCUT2D eigenvalue weighted by Gasteiger charge is -2.11. The van der Waals surface area contributed by atoms with Gasteiger partial charge in [0.15, 0.2) is 11.4 Å². The molecule has 0 atom stereocenters. The van der Waals surface area contributed by atoms with Crippen molar-refractivity contribution in [2.24, 2.45) is 0 Å². The number of aromatic nitrogens is 3. The van der Waals surface area contributed by atoms with Gasteiger partial charge in [-0.25, -0.2) is 4.98 Å². The van der Waals surface area contributed by atoms with Gasteiger partial charge in [0.05, 0.1) is 27.9 Å². The van der Waals surface area contributed by atoms with E-state index in [0.29, 0.717) is 32.9 Å². The average molecular weight is 334 g/mol. The fourth-order valence-electron chi connectivity index (χ4n) is 2.68. The highest BCUT2D eigenvalue weighted by atomic mass is 35.5. The molecule has 0 aliphatic carbocycles. The van der Waals surface area contributed by atoms with Crippen LogP contribution in [0, 0.1) is 0 Å². The summed E-state index contributed by atoms with van der Waals surface area (Å²) in [6.45, 7) is 0. The topological polar surface area (TPSA) is 58.6 Å². The summed E-state index contributed by atoms with van der Waals surface area (Å²) < 4.78 is 0. The number of rotatable bonds is 3. The van der Waals surface area contributed by atoms with E-state index < -0.39 is 0 Å². The normalized spacial score (nSPS) is 10.9. The number of aromatic amines is 1. The average Bonchev–Trinajstić information content (AvgIpc) is 3.11. The van der Waals surface area contributed by atoms with Gasteiger partial charge in [-0.15, -0.1) is 0 Å². The van der Waals surface area contributed by atoms with E-state index in [-0.39, 0.29) is 5.78 Å². The van der Waals surface area contributed by atoms with Crippen molar-refractivity contribution in [2.75, 3.05) is 0 Å². The van der Waals surface area contributed by atoms with Gasteiger partial charge in [-0.2, -0.15) is 5.10 Å². The Morgan fingerprint density at radius 3 is 2.33 bits per heavy atom. The molecule has 0 bridgehead atoms. The summed E-state index contributed by atoms with van der Waals surface area (Å²) in [7, 11) is 0. The van der Waals surface area contributed by atoms with Gasteiger partial charge in [0.2, 0.25) is 0 Å². The maximum atomic E-state index is 13.1. The number of carbonyl (C=O) groups is 1. The van der Waals surface area contributed by atoms with Crippen LogP contribution in [0.1, 0.15) is 15.9 Å². The molecule has 0 aliphatic rings. The standard InChI is InChI=1S/C19H12ClN3O/c20-16-14-11-21-23-19(14)22-17(12-7-3-1-4-8-12)15(16)18(24)13-9-5-2-6-10-13/h1-11H,(H,21,22,23). The van der Waals surface area contributed by atoms with Crippen LogP contribution in [0.3, 0.4) is 0 Å². The Labute approximate surface area is 143 Å². The predicted molar refractivity (Wildman–Crippen MR) is 94.2 cm³/mol. The fourth-order valence-corrected chi connectivity index (χ4v) is 2.99. The molecule has 116 valence electrons. The SMILES string of the molecule is O=C(c1ccccc1)c1c(-c2ccccc2)nc2[nH]ncc2c1Cl. The van der Waals surface area contributed by atoms with Crippen LogP contribution in [-0.4, -0.2) is 21.0 Å². The first-order valence-corrected chi connectivity index (χ1v) is 7.81. The molecule has 4 nitrogen and oxygen atoms in total. The van der Waals surface area contributed by atoms with Crippen LogP contribution in [0.5, 0.6) is 0 Å². The van der Waals surface area contributed by atoms with Crippen LogP contribution in [0.25, 0.3) is 22.3 Å². The predicted octanol–water partition coefficient (Wildman–Crippen LogP) is 4.51. The van der Waals surface area contributed by atoms with E-state index in [1.54, 1.807) is 18.3 Å². The Kier molecular flexibility index (Phi) is 3.59. The number of nitrogens with one attached hydrogen (secondary N) is 1. The van der Waals surface area contributed by atoms with E-state index in [1.807, 2.05) is 48.5 Å². The Morgan fingerprint density at radius 2 is 1.62 bits per heavy atom. The number of benzene rings is 2. The Morgan fingerprint density at radius 1 is 0.958 bits per heavy atom. The maximum Gasteiger partial charge on any atom is 0.196 e. The molecule has 1 N–H and O–H groups in total. The van der Waals surface area contributed by atoms with Crippen molar-refractivity contribution in [1.29, 1.82) is 0 Å². The third-order valence-electron chi connectivity index (χ3n) is 3.85. The van der Waals surface area contributed by atoms with Crippen molar-refractivity contribution in [3.8, 4) is 11.3 Å². The summed E-state index contributed by atoms with van der Waals surface area (Å²) in [6.07, 6.45) is 1.58. The molecular formula is C19H12ClN3O. The first-order chi connectivity index (χ1) is 11.8. The molecule has 0 amide bonds. The third kappa shape index (κ3) is 2.37. The molecule has 0 fully saturated rings. The highest BCUT2D eigenvalue weighted by molar-refractivity contribution is 6.40. The quantitative estimate of drug-likeness (QED) is 0.561. The minimum absolute atomic E-state index is 0.157. The molecule has 2 aromatic heterocycles. The Bertz CT molecular complexity index is 1030. The van der Waals surface area contributed by atoms with Gasteiger partial charge in [-0.05, 0) is 0 Å². The molecule has 4 rings (SSSR count). The summed E-state index contributed by atoms with van der Waals surface area (Å²) in [6, 6.07) is 18.6. The van der Waals surface area contributed by atoms with Crippen molar-refractivity contribution in [3.63, 3.8) is 0 Å². The summed E-state index contributed by atoms with van der Waals surface area (Å²) in [5, 5.41) is 7.80. The second-order valence-electron chi connectivity index (χ2n) is 5.34. The molecule has 0 unspecified atom stereocenters. The monoisotopic (exact) mass is 333 g/mol. The zero-order valence-corrected chi connectivity index (χ0v) is 13.3. The van der Waals surface area contributed by atoms with Crippen molar-refractivity contribution in [2.45, 2.75) is 0 Å². The van der Waals surface area contributed by atoms with E-state index in [2.05, 4.69) is 15.2 Å². The lowest BCUT2D eigenvalue weighted by Crippen LogP contribution is -2.06. The van der Waals surface area contributed by atoms with Crippen molar-refractivity contribution in [1.82, 2.24) is 15.2 Å². The number of carbonyl (C=O) groups excluding carboxylic acids is 1. The van der Waals surface area contributed by atoms with Gasteiger partial charge in [-0.1, -0.05) is 72.3 Å². The largest absolute Gasteiger partial charge is 0.288 e. The van der Waals surface area contributed by atoms with Gasteiger partial charge in [-0.3, -0.25) is 9.89 Å². The minimum atomic E-state index is -0.157. The highest BCUT2D eigenvalue weighted by Gasteiger charge is 2.23. The number of fused-ring (bicyclic) bond motifs is 1. The van der Waals surface area contributed by atoms with E-state index in [9.17, 15) is 4.79 Å². The first kappa shape index (κ1) is 14.6. The number of pyridine rings is 1. The maximum absolute atomic E-state index is 13.1. The first-order valence-electron chi connectivity index (χ1n) is 7.43. The lowest BCUT2D eigenvalue weighted by molar-refractivity contribution is 0.103. The molecule has 0 aliphatic heterocycles. The molecule has 0 saturated heterocycles. The van der Waals surface area contributed by atoms with E-state index in [1.165, 1.54) is 0 Å². The molecule has 5 heteroatoms. The second-order valence-corrected chi connectivity index (χ2v) is 5.72. The van der Waals surface area contributed by atoms with Gasteiger partial charge in [0.1, 0.15) is 0 Å². The second kappa shape index (κ2) is 5.91. The summed E-state index contributed by atoms with van der Waals surface area (Å²) in [5.74, 6) is -0.157.